The van der Waals surface area contributed by atoms with Gasteiger partial charge >= 0.3 is 0 Å². The Labute approximate surface area is 409 Å². The molecule has 59 heavy (non-hydrogen) atoms. The predicted molar refractivity (Wildman–Crippen MR) is 239 cm³/mol. The number of para-hydroxylation sites is 1. The molecule has 0 N–H and O–H groups in total. The molecule has 2 radical (unpaired) electrons. The molecule has 326 valence electrons. The van der Waals surface area contributed by atoms with Crippen molar-refractivity contribution in [3.8, 4) is 0 Å². The third-order valence-electron chi connectivity index (χ3n) is 7.29. The summed E-state index contributed by atoms with van der Waals surface area (Å²) < 4.78 is 0. The van der Waals surface area contributed by atoms with Crippen molar-refractivity contribution in [2.45, 2.75) is 124 Å². The molecule has 0 fully saturated rings. The van der Waals surface area contributed by atoms with Gasteiger partial charge in [0.2, 0.25) is 17.7 Å². The minimum absolute atomic E-state index is 0. The quantitative estimate of drug-likeness (QED) is 0.173. The zero-order valence-electron chi connectivity index (χ0n) is 39.0. The number of aryl methyl sites for hydroxylation is 3. The van der Waals surface area contributed by atoms with Crippen LogP contribution in [-0.2, 0) is 79.8 Å². The van der Waals surface area contributed by atoms with E-state index < -0.39 is 0 Å². The van der Waals surface area contributed by atoms with Crippen molar-refractivity contribution in [3.05, 3.63) is 81.1 Å². The van der Waals surface area contributed by atoms with Crippen LogP contribution < -0.4 is 14.7 Å². The van der Waals surface area contributed by atoms with Gasteiger partial charge in [-0.15, -0.1) is 12.1 Å². The van der Waals surface area contributed by atoms with Crippen molar-refractivity contribution in [2.75, 3.05) is 35.8 Å². The van der Waals surface area contributed by atoms with Crippen LogP contribution >= 0.6 is 0 Å². The molecule has 3 aromatic heterocycles. The molecule has 4 rings (SSSR count). The molecule has 12 nitrogen and oxygen atoms in total. The maximum atomic E-state index is 12.4. The molecular weight excluding hydrogens is 892 g/mol. The van der Waals surface area contributed by atoms with Gasteiger partial charge in [-0.3, -0.25) is 19.3 Å². The third kappa shape index (κ3) is 25.0. The van der Waals surface area contributed by atoms with E-state index in [9.17, 15) is 14.4 Å². The van der Waals surface area contributed by atoms with E-state index in [2.05, 4.69) is 63.2 Å². The van der Waals surface area contributed by atoms with E-state index in [1.165, 1.54) is 0 Å². The summed E-state index contributed by atoms with van der Waals surface area (Å²) in [4.78, 5) is 65.7. The molecule has 0 unspecified atom stereocenters. The third-order valence-corrected chi connectivity index (χ3v) is 7.29. The van der Waals surface area contributed by atoms with Gasteiger partial charge in [-0.05, 0) is 35.3 Å². The van der Waals surface area contributed by atoms with Crippen molar-refractivity contribution in [1.29, 1.82) is 0 Å². The summed E-state index contributed by atoms with van der Waals surface area (Å²) in [6, 6.07) is 11.2. The number of amides is 3. The summed E-state index contributed by atoms with van der Waals surface area (Å²) in [6.45, 7) is 27.9. The van der Waals surface area contributed by atoms with E-state index in [4.69, 9.17) is 0 Å². The largest absolute Gasteiger partial charge is 0.373 e. The molecule has 3 amide bonds. The van der Waals surface area contributed by atoms with Crippen LogP contribution in [0.4, 0.5) is 17.5 Å². The Morgan fingerprint density at radius 2 is 1.05 bits per heavy atom. The summed E-state index contributed by atoms with van der Waals surface area (Å²) >= 11 is 0. The first-order chi connectivity index (χ1) is 24.9. The van der Waals surface area contributed by atoms with Gasteiger partial charge in [-0.25, -0.2) is 9.97 Å². The fraction of sp³-hybridized carbons (Fsp3) is 0.533. The van der Waals surface area contributed by atoms with Gasteiger partial charge in [0.15, 0.2) is 0 Å². The molecule has 1 aromatic carbocycles. The molecule has 0 spiro atoms. The molecule has 0 saturated carbocycles. The summed E-state index contributed by atoms with van der Waals surface area (Å²) in [5, 5.41) is 0.905. The van der Waals surface area contributed by atoms with Gasteiger partial charge < -0.3 is 44.6 Å². The van der Waals surface area contributed by atoms with Crippen LogP contribution in [0.2, 0.25) is 0 Å². The van der Waals surface area contributed by atoms with Gasteiger partial charge in [-0.1, -0.05) is 121 Å². The number of anilines is 3. The average molecular weight is 966 g/mol. The van der Waals surface area contributed by atoms with Crippen molar-refractivity contribution in [2.24, 2.45) is 16.2 Å². The van der Waals surface area contributed by atoms with Gasteiger partial charge in [0.1, 0.15) is 11.6 Å². The Balaban J connectivity index is -0.000000234. The maximum Gasteiger partial charge on any atom is 0.228 e. The van der Waals surface area contributed by atoms with Crippen molar-refractivity contribution >= 4 is 46.1 Å². The first-order valence-corrected chi connectivity index (χ1v) is 18.3. The fourth-order valence-electron chi connectivity index (χ4n) is 4.68. The molecule has 3 heterocycles. The molecule has 4 aromatic rings. The number of nitrogens with zero attached hydrogens (tertiary/aromatic N) is 9. The minimum atomic E-state index is -0.0385. The topological polar surface area (TPSA) is 138 Å². The maximum absolute atomic E-state index is 12.4. The van der Waals surface area contributed by atoms with Gasteiger partial charge in [0.25, 0.3) is 0 Å². The number of fused-ring (bicyclic) bond motifs is 1. The number of hydrogen-bond acceptors (Lipinski definition) is 9. The molecule has 0 aliphatic rings. The Bertz CT molecular complexity index is 1760. The van der Waals surface area contributed by atoms with E-state index in [0.717, 1.165) is 16.6 Å². The van der Waals surface area contributed by atoms with Crippen LogP contribution in [0.25, 0.3) is 10.9 Å². The van der Waals surface area contributed by atoms with E-state index in [1.807, 2.05) is 93.5 Å². The molecule has 14 heteroatoms. The smallest absolute Gasteiger partial charge is 0.228 e. The van der Waals surface area contributed by atoms with Crippen molar-refractivity contribution in [1.82, 2.24) is 29.9 Å². The molecular formula is C45H73N9O3Y2-4. The van der Waals surface area contributed by atoms with Crippen LogP contribution in [0, 0.1) is 64.4 Å². The second-order valence-corrected chi connectivity index (χ2v) is 16.6. The van der Waals surface area contributed by atoms with E-state index >= 15 is 0 Å². The summed E-state index contributed by atoms with van der Waals surface area (Å²) in [6.07, 6.45) is 6.73. The summed E-state index contributed by atoms with van der Waals surface area (Å²) in [5.41, 5.74) is 1.60. The molecule has 0 aliphatic heterocycles. The van der Waals surface area contributed by atoms with Gasteiger partial charge in [0.05, 0.1) is 5.52 Å². The number of aromatic nitrogens is 6. The van der Waals surface area contributed by atoms with Crippen LogP contribution in [0.1, 0.15) is 120 Å². The van der Waals surface area contributed by atoms with Crippen LogP contribution in [0.15, 0.2) is 36.4 Å². The average Bonchev–Trinajstić information content (AvgIpc) is 3.06. The minimum Gasteiger partial charge on any atom is -0.373 e. The Hall–Kier alpha value is -2.66. The monoisotopic (exact) mass is 965 g/mol. The molecule has 0 aliphatic carbocycles. The summed E-state index contributed by atoms with van der Waals surface area (Å²) in [7, 11) is 5.23. The Morgan fingerprint density at radius 3 is 1.49 bits per heavy atom. The van der Waals surface area contributed by atoms with Gasteiger partial charge in [0, 0.05) is 135 Å². The normalized spacial score (nSPS) is 10.2. The van der Waals surface area contributed by atoms with Crippen LogP contribution in [-0.4, -0.2) is 68.8 Å². The molecule has 0 atom stereocenters. The molecule has 0 saturated heterocycles. The SMILES string of the molecule is C.CC.Cc1cc(N(C)C(=O)CC(C)(C)C)n[c-]n1.Cc1n[c-]cc(N(C)C(=O)CC(C)(C)C)n1.Cc1nc(N(C)C(=O)CC(C)(C)C)c2ccccc2n1.[CH3-].[CH3-].[Y].[Y]. The van der Waals surface area contributed by atoms with Crippen LogP contribution in [0.3, 0.4) is 0 Å². The first-order valence-electron chi connectivity index (χ1n) is 18.3. The predicted octanol–water partition coefficient (Wildman–Crippen LogP) is 9.86. The Morgan fingerprint density at radius 1 is 0.610 bits per heavy atom. The number of benzene rings is 1. The van der Waals surface area contributed by atoms with Gasteiger partial charge in [-0.2, -0.15) is 0 Å². The van der Waals surface area contributed by atoms with Crippen molar-refractivity contribution < 1.29 is 79.8 Å². The molecule has 0 bridgehead atoms. The number of carbonyl (C=O) groups excluding carboxylic acids is 3. The van der Waals surface area contributed by atoms with Crippen LogP contribution in [0.5, 0.6) is 0 Å². The second-order valence-electron chi connectivity index (χ2n) is 16.6. The summed E-state index contributed by atoms with van der Waals surface area (Å²) in [5.74, 6) is 3.35. The van der Waals surface area contributed by atoms with Crippen molar-refractivity contribution in [3.63, 3.8) is 0 Å². The zero-order chi connectivity index (χ0) is 41.6. The van der Waals surface area contributed by atoms with E-state index in [-0.39, 0.29) is 122 Å². The van der Waals surface area contributed by atoms with E-state index in [0.29, 0.717) is 48.4 Å². The van der Waals surface area contributed by atoms with E-state index in [1.54, 1.807) is 54.9 Å². The standard InChI is InChI=1S/C16H21N3O.2C12H18N3O.C2H6.CH4.2CH3.2Y/c1-11-17-13-9-7-6-8-12(13)15(18-11)19(5)14(20)10-16(2,3)4;1-9-6-10(14-8-13-9)15(5)11(16)7-12(2,3)4;1-9-13-7-6-10(14-9)15(5)11(16)8-12(2,3)4;1-2;;;;;/h6-9H,10H2,1-5H3;6H,7H2,1-5H3;6H,8H2,1-5H3;1-2H3;1H4;2*1H3;;/q;2*-1;;;2*-1;;. The fourth-order valence-corrected chi connectivity index (χ4v) is 4.68. The first kappa shape index (κ1) is 65.5. The Kier molecular flexibility index (Phi) is 32.8. The second kappa shape index (κ2) is 29.6. The zero-order valence-corrected chi connectivity index (χ0v) is 44.7. The number of rotatable bonds is 6. The number of carbonyl (C=O) groups is 3. The number of hydrogen-bond donors (Lipinski definition) is 0.